The Balaban J connectivity index is 1.90. The van der Waals surface area contributed by atoms with Gasteiger partial charge in [0.15, 0.2) is 0 Å². The van der Waals surface area contributed by atoms with Crippen molar-refractivity contribution < 1.29 is 9.59 Å². The molecule has 0 bridgehead atoms. The fourth-order valence-corrected chi connectivity index (χ4v) is 2.77. The Hall–Kier alpha value is -2.14. The molecule has 22 heavy (non-hydrogen) atoms. The lowest BCUT2D eigenvalue weighted by Crippen LogP contribution is -2.40. The topological polar surface area (TPSA) is 49.4 Å². The van der Waals surface area contributed by atoms with Crippen molar-refractivity contribution in [2.75, 3.05) is 13.1 Å². The number of rotatable bonds is 7. The monoisotopic (exact) mass is 316 g/mol. The third-order valence-electron chi connectivity index (χ3n) is 3.21. The van der Waals surface area contributed by atoms with E-state index in [9.17, 15) is 9.59 Å². The van der Waals surface area contributed by atoms with Crippen LogP contribution < -0.4 is 5.32 Å². The van der Waals surface area contributed by atoms with Gasteiger partial charge in [0.05, 0.1) is 11.4 Å². The Bertz CT molecular complexity index is 596. The van der Waals surface area contributed by atoms with Crippen LogP contribution in [-0.2, 0) is 11.3 Å². The molecule has 2 amide bonds. The Labute approximate surface area is 134 Å². The second-order valence-corrected chi connectivity index (χ2v) is 5.91. The smallest absolute Gasteiger partial charge is 0.261 e. The maximum atomic E-state index is 12.3. The van der Waals surface area contributed by atoms with Crippen LogP contribution in [0.4, 0.5) is 0 Å². The number of carbonyl (C=O) groups is 2. The highest BCUT2D eigenvalue weighted by molar-refractivity contribution is 7.12. The lowest BCUT2D eigenvalue weighted by Gasteiger charge is -2.22. The van der Waals surface area contributed by atoms with Crippen molar-refractivity contribution in [3.05, 3.63) is 58.3 Å². The average molecular weight is 316 g/mol. The lowest BCUT2D eigenvalue weighted by molar-refractivity contribution is -0.130. The van der Waals surface area contributed by atoms with Gasteiger partial charge in [0.1, 0.15) is 0 Å². The van der Waals surface area contributed by atoms with Crippen molar-refractivity contribution in [1.82, 2.24) is 10.2 Å². The summed E-state index contributed by atoms with van der Waals surface area (Å²) in [6.07, 6.45) is 0.886. The molecule has 0 aliphatic heterocycles. The molecule has 0 spiro atoms. The number of nitrogens with one attached hydrogen (secondary N) is 1. The molecule has 1 aromatic carbocycles. The molecule has 0 saturated heterocycles. The van der Waals surface area contributed by atoms with Crippen LogP contribution in [0.1, 0.15) is 28.6 Å². The van der Waals surface area contributed by atoms with E-state index in [1.807, 2.05) is 48.7 Å². The molecular formula is C17H20N2O2S. The number of thiophene rings is 1. The van der Waals surface area contributed by atoms with Gasteiger partial charge in [0, 0.05) is 13.1 Å². The molecule has 116 valence electrons. The van der Waals surface area contributed by atoms with E-state index in [-0.39, 0.29) is 18.4 Å². The van der Waals surface area contributed by atoms with Crippen molar-refractivity contribution in [3.8, 4) is 0 Å². The maximum Gasteiger partial charge on any atom is 0.261 e. The van der Waals surface area contributed by atoms with E-state index in [1.165, 1.54) is 11.3 Å². The first kappa shape index (κ1) is 16.2. The highest BCUT2D eigenvalue weighted by Crippen LogP contribution is 2.08. The van der Waals surface area contributed by atoms with Gasteiger partial charge in [-0.15, -0.1) is 11.3 Å². The first-order valence-electron chi connectivity index (χ1n) is 7.34. The summed E-state index contributed by atoms with van der Waals surface area (Å²) < 4.78 is 0. The van der Waals surface area contributed by atoms with Crippen LogP contribution in [-0.4, -0.2) is 29.8 Å². The predicted molar refractivity (Wildman–Crippen MR) is 88.8 cm³/mol. The molecule has 1 heterocycles. The van der Waals surface area contributed by atoms with Gasteiger partial charge in [-0.1, -0.05) is 43.3 Å². The van der Waals surface area contributed by atoms with Crippen LogP contribution >= 0.6 is 11.3 Å². The minimum atomic E-state index is -0.195. The predicted octanol–water partition coefficient (Wildman–Crippen LogP) is 2.92. The second kappa shape index (κ2) is 8.34. The zero-order valence-corrected chi connectivity index (χ0v) is 13.4. The molecule has 1 aromatic heterocycles. The molecule has 0 aliphatic carbocycles. The molecule has 2 rings (SSSR count). The summed E-state index contributed by atoms with van der Waals surface area (Å²) in [7, 11) is 0. The van der Waals surface area contributed by atoms with E-state index in [4.69, 9.17) is 0 Å². The Morgan fingerprint density at radius 1 is 1.14 bits per heavy atom. The third-order valence-corrected chi connectivity index (χ3v) is 4.08. The summed E-state index contributed by atoms with van der Waals surface area (Å²) in [5, 5.41) is 4.53. The number of amides is 2. The van der Waals surface area contributed by atoms with Crippen LogP contribution in [0.2, 0.25) is 0 Å². The molecule has 4 nitrogen and oxygen atoms in total. The summed E-state index contributed by atoms with van der Waals surface area (Å²) in [4.78, 5) is 26.6. The maximum absolute atomic E-state index is 12.3. The quantitative estimate of drug-likeness (QED) is 0.854. The third kappa shape index (κ3) is 4.70. The van der Waals surface area contributed by atoms with Gasteiger partial charge >= 0.3 is 0 Å². The van der Waals surface area contributed by atoms with Crippen LogP contribution in [0.5, 0.6) is 0 Å². The van der Waals surface area contributed by atoms with Gasteiger partial charge in [-0.3, -0.25) is 9.59 Å². The Morgan fingerprint density at radius 2 is 1.91 bits per heavy atom. The average Bonchev–Trinajstić information content (AvgIpc) is 3.07. The number of hydrogen-bond acceptors (Lipinski definition) is 3. The molecule has 2 aromatic rings. The number of hydrogen-bond donors (Lipinski definition) is 1. The number of benzene rings is 1. The van der Waals surface area contributed by atoms with Crippen molar-refractivity contribution in [2.45, 2.75) is 19.9 Å². The molecule has 0 fully saturated rings. The highest BCUT2D eigenvalue weighted by Gasteiger charge is 2.15. The molecule has 0 unspecified atom stereocenters. The first-order valence-corrected chi connectivity index (χ1v) is 8.22. The van der Waals surface area contributed by atoms with E-state index in [2.05, 4.69) is 5.32 Å². The van der Waals surface area contributed by atoms with Crippen molar-refractivity contribution in [3.63, 3.8) is 0 Å². The van der Waals surface area contributed by atoms with Crippen LogP contribution in [0.3, 0.4) is 0 Å². The summed E-state index contributed by atoms with van der Waals surface area (Å²) in [5.74, 6) is -0.255. The summed E-state index contributed by atoms with van der Waals surface area (Å²) in [6, 6.07) is 13.4. The molecule has 1 N–H and O–H groups in total. The second-order valence-electron chi connectivity index (χ2n) is 4.96. The highest BCUT2D eigenvalue weighted by atomic mass is 32.1. The molecule has 5 heteroatoms. The van der Waals surface area contributed by atoms with E-state index >= 15 is 0 Å². The Kier molecular flexibility index (Phi) is 6.15. The summed E-state index contributed by atoms with van der Waals surface area (Å²) in [5.41, 5.74) is 1.09. The Morgan fingerprint density at radius 3 is 2.55 bits per heavy atom. The molecule has 0 aliphatic rings. The summed E-state index contributed by atoms with van der Waals surface area (Å²) in [6.45, 7) is 3.32. The molecule has 0 radical (unpaired) electrons. The van der Waals surface area contributed by atoms with Crippen LogP contribution in [0.15, 0.2) is 47.8 Å². The van der Waals surface area contributed by atoms with Gasteiger partial charge in [-0.25, -0.2) is 0 Å². The van der Waals surface area contributed by atoms with Crippen molar-refractivity contribution >= 4 is 23.2 Å². The molecular weight excluding hydrogens is 296 g/mol. The minimum absolute atomic E-state index is 0.0313. The SMILES string of the molecule is CCCN(Cc1ccccc1)C(=O)CNC(=O)c1cccs1. The van der Waals surface area contributed by atoms with Crippen molar-refractivity contribution in [1.29, 1.82) is 0 Å². The standard InChI is InChI=1S/C17H20N2O2S/c1-2-10-19(13-14-7-4-3-5-8-14)16(20)12-18-17(21)15-9-6-11-22-15/h3-9,11H,2,10,12-13H2,1H3,(H,18,21). The van der Waals surface area contributed by atoms with E-state index < -0.39 is 0 Å². The van der Waals surface area contributed by atoms with Crippen LogP contribution in [0, 0.1) is 0 Å². The molecule has 0 saturated carbocycles. The van der Waals surface area contributed by atoms with Gasteiger partial charge < -0.3 is 10.2 Å². The largest absolute Gasteiger partial charge is 0.342 e. The fourth-order valence-electron chi connectivity index (χ4n) is 2.13. The fraction of sp³-hybridized carbons (Fsp3) is 0.294. The van der Waals surface area contributed by atoms with Gasteiger partial charge in [0.2, 0.25) is 5.91 Å². The number of carbonyl (C=O) groups excluding carboxylic acids is 2. The summed E-state index contributed by atoms with van der Waals surface area (Å²) >= 11 is 1.37. The zero-order valence-electron chi connectivity index (χ0n) is 12.6. The van der Waals surface area contributed by atoms with Gasteiger partial charge in [0.25, 0.3) is 5.91 Å². The lowest BCUT2D eigenvalue weighted by atomic mass is 10.2. The zero-order chi connectivity index (χ0) is 15.8. The van der Waals surface area contributed by atoms with Gasteiger partial charge in [-0.2, -0.15) is 0 Å². The molecule has 0 atom stereocenters. The van der Waals surface area contributed by atoms with E-state index in [1.54, 1.807) is 11.0 Å². The first-order chi connectivity index (χ1) is 10.7. The minimum Gasteiger partial charge on any atom is -0.342 e. The van der Waals surface area contributed by atoms with Crippen molar-refractivity contribution in [2.24, 2.45) is 0 Å². The van der Waals surface area contributed by atoms with Crippen LogP contribution in [0.25, 0.3) is 0 Å². The number of nitrogens with zero attached hydrogens (tertiary/aromatic N) is 1. The normalized spacial score (nSPS) is 10.2. The van der Waals surface area contributed by atoms with E-state index in [0.29, 0.717) is 18.0 Å². The van der Waals surface area contributed by atoms with E-state index in [0.717, 1.165) is 12.0 Å². The van der Waals surface area contributed by atoms with Gasteiger partial charge in [-0.05, 0) is 23.4 Å².